The summed E-state index contributed by atoms with van der Waals surface area (Å²) in [6, 6.07) is 12.0. The highest BCUT2D eigenvalue weighted by molar-refractivity contribution is 7.79. The van der Waals surface area contributed by atoms with Crippen molar-refractivity contribution in [2.45, 2.75) is 4.90 Å². The van der Waals surface area contributed by atoms with Crippen molar-refractivity contribution in [3.63, 3.8) is 0 Å². The summed E-state index contributed by atoms with van der Waals surface area (Å²) in [7, 11) is 0. The number of hydrogen-bond donors (Lipinski definition) is 1. The van der Waals surface area contributed by atoms with Gasteiger partial charge in [-0.3, -0.25) is 0 Å². The van der Waals surface area contributed by atoms with Crippen LogP contribution in [0.15, 0.2) is 53.6 Å². The molecule has 82 valence electrons. The average Bonchev–Trinajstić information content (AvgIpc) is 2.30. The molecule has 1 aromatic carbocycles. The van der Waals surface area contributed by atoms with Crippen LogP contribution in [0.5, 0.6) is 11.6 Å². The van der Waals surface area contributed by atoms with Crippen molar-refractivity contribution in [3.8, 4) is 11.6 Å². The Kier molecular flexibility index (Phi) is 3.28. The van der Waals surface area contributed by atoms with Crippen LogP contribution in [0.4, 0.5) is 0 Å². The van der Waals surface area contributed by atoms with E-state index in [0.717, 1.165) is 0 Å². The molecule has 4 nitrogen and oxygen atoms in total. The number of pyridine rings is 1. The molecule has 0 aliphatic carbocycles. The van der Waals surface area contributed by atoms with Crippen LogP contribution in [0.2, 0.25) is 0 Å². The van der Waals surface area contributed by atoms with Crippen LogP contribution >= 0.6 is 0 Å². The molecule has 2 rings (SSSR count). The number of nitrogens with zero attached hydrogens (tertiary/aromatic N) is 1. The average molecular weight is 235 g/mol. The predicted octanol–water partition coefficient (Wildman–Crippen LogP) is 2.45. The lowest BCUT2D eigenvalue weighted by Crippen LogP contribution is -1.92. The lowest BCUT2D eigenvalue weighted by molar-refractivity contribution is 0.460. The highest BCUT2D eigenvalue weighted by atomic mass is 32.2. The first-order valence-corrected chi connectivity index (χ1v) is 5.66. The summed E-state index contributed by atoms with van der Waals surface area (Å²) in [5.74, 6) is 0.932. The Bertz CT molecular complexity index is 502. The van der Waals surface area contributed by atoms with Gasteiger partial charge in [0.1, 0.15) is 5.75 Å². The summed E-state index contributed by atoms with van der Waals surface area (Å²) in [6.07, 6.45) is 1.43. The molecule has 0 radical (unpaired) electrons. The SMILES string of the molecule is O=S(O)c1ccnc(Oc2ccccc2)c1. The molecule has 16 heavy (non-hydrogen) atoms. The van der Waals surface area contributed by atoms with Gasteiger partial charge in [0.2, 0.25) is 5.88 Å². The van der Waals surface area contributed by atoms with Crippen molar-refractivity contribution in [1.82, 2.24) is 4.98 Å². The van der Waals surface area contributed by atoms with E-state index in [1.165, 1.54) is 18.3 Å². The summed E-state index contributed by atoms with van der Waals surface area (Å²) in [5, 5.41) is 0. The zero-order chi connectivity index (χ0) is 11.4. The zero-order valence-electron chi connectivity index (χ0n) is 8.24. The molecule has 0 fully saturated rings. The van der Waals surface area contributed by atoms with E-state index in [1.807, 2.05) is 18.2 Å². The lowest BCUT2D eigenvalue weighted by Gasteiger charge is -2.04. The quantitative estimate of drug-likeness (QED) is 0.830. The topological polar surface area (TPSA) is 59.4 Å². The summed E-state index contributed by atoms with van der Waals surface area (Å²) in [4.78, 5) is 4.21. The normalized spacial score (nSPS) is 12.1. The minimum absolute atomic E-state index is 0.265. The van der Waals surface area contributed by atoms with Crippen LogP contribution in [0.1, 0.15) is 0 Å². The molecule has 1 N–H and O–H groups in total. The van der Waals surface area contributed by atoms with E-state index in [2.05, 4.69) is 4.98 Å². The Labute approximate surface area is 95.2 Å². The molecule has 1 aromatic heterocycles. The van der Waals surface area contributed by atoms with E-state index in [-0.39, 0.29) is 4.90 Å². The third kappa shape index (κ3) is 2.65. The predicted molar refractivity (Wildman–Crippen MR) is 59.8 cm³/mol. The van der Waals surface area contributed by atoms with Gasteiger partial charge >= 0.3 is 0 Å². The monoisotopic (exact) mass is 235 g/mol. The maximum Gasteiger partial charge on any atom is 0.220 e. The molecule has 0 saturated heterocycles. The van der Waals surface area contributed by atoms with Gasteiger partial charge in [0.25, 0.3) is 0 Å². The molecule has 1 atom stereocenters. The third-order valence-electron chi connectivity index (χ3n) is 1.87. The number of hydrogen-bond acceptors (Lipinski definition) is 3. The molecule has 0 spiro atoms. The van der Waals surface area contributed by atoms with Gasteiger partial charge in [0, 0.05) is 12.3 Å². The Balaban J connectivity index is 2.22. The van der Waals surface area contributed by atoms with Crippen LogP contribution in [0.25, 0.3) is 0 Å². The van der Waals surface area contributed by atoms with Crippen molar-refractivity contribution in [1.29, 1.82) is 0 Å². The van der Waals surface area contributed by atoms with Crippen molar-refractivity contribution in [3.05, 3.63) is 48.7 Å². The van der Waals surface area contributed by atoms with Crippen LogP contribution in [-0.2, 0) is 11.1 Å². The fourth-order valence-corrected chi connectivity index (χ4v) is 1.54. The second-order valence-electron chi connectivity index (χ2n) is 2.99. The van der Waals surface area contributed by atoms with Crippen LogP contribution in [-0.4, -0.2) is 13.7 Å². The van der Waals surface area contributed by atoms with Crippen molar-refractivity contribution in [2.24, 2.45) is 0 Å². The fraction of sp³-hybridized carbons (Fsp3) is 0. The molecule has 0 saturated carbocycles. The molecule has 1 unspecified atom stereocenters. The van der Waals surface area contributed by atoms with Gasteiger partial charge in [-0.15, -0.1) is 0 Å². The number of para-hydroxylation sites is 1. The smallest absolute Gasteiger partial charge is 0.220 e. The van der Waals surface area contributed by atoms with Crippen LogP contribution in [0.3, 0.4) is 0 Å². The van der Waals surface area contributed by atoms with Gasteiger partial charge in [-0.1, -0.05) is 18.2 Å². The van der Waals surface area contributed by atoms with Crippen molar-refractivity contribution >= 4 is 11.1 Å². The number of aromatic nitrogens is 1. The van der Waals surface area contributed by atoms with Gasteiger partial charge in [-0.2, -0.15) is 0 Å². The number of ether oxygens (including phenoxy) is 1. The number of rotatable bonds is 3. The van der Waals surface area contributed by atoms with Crippen molar-refractivity contribution < 1.29 is 13.5 Å². The first kappa shape index (κ1) is 10.8. The highest BCUT2D eigenvalue weighted by Crippen LogP contribution is 2.20. The standard InChI is InChI=1S/C11H9NO3S/c13-16(14)10-6-7-12-11(8-10)15-9-4-2-1-3-5-9/h1-8H,(H,13,14). The summed E-state index contributed by atoms with van der Waals surface area (Å²) >= 11 is -2.02. The van der Waals surface area contributed by atoms with Crippen molar-refractivity contribution in [2.75, 3.05) is 0 Å². The minimum atomic E-state index is -2.02. The Morgan fingerprint density at radius 1 is 1.19 bits per heavy atom. The molecule has 0 bridgehead atoms. The van der Waals surface area contributed by atoms with E-state index in [0.29, 0.717) is 11.6 Å². The number of benzene rings is 1. The molecule has 5 heteroatoms. The molecular weight excluding hydrogens is 226 g/mol. The fourth-order valence-electron chi connectivity index (χ4n) is 1.16. The van der Waals surface area contributed by atoms with E-state index in [4.69, 9.17) is 9.29 Å². The first-order chi connectivity index (χ1) is 7.75. The molecule has 0 aliphatic heterocycles. The molecule has 1 heterocycles. The van der Waals surface area contributed by atoms with Gasteiger partial charge in [0.05, 0.1) is 4.90 Å². The van der Waals surface area contributed by atoms with Gasteiger partial charge in [-0.25, -0.2) is 9.19 Å². The maximum atomic E-state index is 10.8. The molecule has 0 amide bonds. The van der Waals surface area contributed by atoms with Gasteiger partial charge in [0.15, 0.2) is 11.1 Å². The van der Waals surface area contributed by atoms with E-state index < -0.39 is 11.1 Å². The zero-order valence-corrected chi connectivity index (χ0v) is 9.05. The molecule has 0 aliphatic rings. The van der Waals surface area contributed by atoms with Crippen LogP contribution < -0.4 is 4.74 Å². The van der Waals surface area contributed by atoms with Crippen LogP contribution in [0, 0.1) is 0 Å². The second kappa shape index (κ2) is 4.87. The summed E-state index contributed by atoms with van der Waals surface area (Å²) in [6.45, 7) is 0. The largest absolute Gasteiger partial charge is 0.439 e. The first-order valence-electron chi connectivity index (χ1n) is 4.55. The molecular formula is C11H9NO3S. The van der Waals surface area contributed by atoms with Gasteiger partial charge < -0.3 is 9.29 Å². The third-order valence-corrected chi connectivity index (χ3v) is 2.53. The second-order valence-corrected chi connectivity index (χ2v) is 3.96. The molecule has 2 aromatic rings. The Hall–Kier alpha value is -1.72. The van der Waals surface area contributed by atoms with E-state index in [1.54, 1.807) is 12.1 Å². The summed E-state index contributed by atoms with van der Waals surface area (Å²) in [5.41, 5.74) is 0. The minimum Gasteiger partial charge on any atom is -0.439 e. The lowest BCUT2D eigenvalue weighted by atomic mass is 10.3. The highest BCUT2D eigenvalue weighted by Gasteiger charge is 2.03. The van der Waals surface area contributed by atoms with E-state index >= 15 is 0 Å². The Morgan fingerprint density at radius 2 is 1.94 bits per heavy atom. The Morgan fingerprint density at radius 3 is 2.62 bits per heavy atom. The van der Waals surface area contributed by atoms with E-state index in [9.17, 15) is 4.21 Å². The summed E-state index contributed by atoms with van der Waals surface area (Å²) < 4.78 is 25.1. The maximum absolute atomic E-state index is 10.8. The van der Waals surface area contributed by atoms with Gasteiger partial charge in [-0.05, 0) is 18.2 Å².